The van der Waals surface area contributed by atoms with Gasteiger partial charge in [-0.2, -0.15) is 0 Å². The van der Waals surface area contributed by atoms with Gasteiger partial charge in [0.15, 0.2) is 5.96 Å². The van der Waals surface area contributed by atoms with Crippen molar-refractivity contribution in [3.8, 4) is 0 Å². The minimum Gasteiger partial charge on any atom is -0.356 e. The second kappa shape index (κ2) is 7.62. The number of fused-ring (bicyclic) bond motifs is 1. The van der Waals surface area contributed by atoms with Gasteiger partial charge in [-0.15, -0.1) is 0 Å². The average molecular weight is 284 g/mol. The summed E-state index contributed by atoms with van der Waals surface area (Å²) in [5, 5.41) is 7.85. The van der Waals surface area contributed by atoms with Crippen LogP contribution in [0.1, 0.15) is 25.8 Å². The molecule has 2 N–H and O–H groups in total. The number of rotatable bonds is 5. The molecule has 0 atom stereocenters. The van der Waals surface area contributed by atoms with Crippen LogP contribution < -0.4 is 10.6 Å². The number of aliphatic imine (C=N–C) groups is 1. The summed E-state index contributed by atoms with van der Waals surface area (Å²) in [5.41, 5.74) is 2.23. The predicted molar refractivity (Wildman–Crippen MR) is 89.4 cm³/mol. The van der Waals surface area contributed by atoms with Crippen molar-refractivity contribution in [2.75, 3.05) is 13.6 Å². The molecule has 0 bridgehead atoms. The molecule has 0 amide bonds. The van der Waals surface area contributed by atoms with E-state index in [1.165, 1.54) is 10.9 Å². The van der Waals surface area contributed by atoms with Crippen LogP contribution in [0.2, 0.25) is 0 Å². The van der Waals surface area contributed by atoms with E-state index in [0.29, 0.717) is 5.92 Å². The Morgan fingerprint density at radius 2 is 2.00 bits per heavy atom. The maximum atomic E-state index is 4.47. The minimum atomic E-state index is 0.692. The number of nitrogens with zero attached hydrogens (tertiary/aromatic N) is 2. The second-order valence-corrected chi connectivity index (χ2v) is 5.53. The smallest absolute Gasteiger partial charge is 0.191 e. The predicted octanol–water partition coefficient (Wildman–Crippen LogP) is 2.95. The number of guanidine groups is 1. The van der Waals surface area contributed by atoms with Gasteiger partial charge in [-0.3, -0.25) is 9.98 Å². The molecule has 0 aliphatic rings. The molecule has 0 aliphatic heterocycles. The lowest BCUT2D eigenvalue weighted by Gasteiger charge is -2.13. The fourth-order valence-corrected chi connectivity index (χ4v) is 2.19. The highest BCUT2D eigenvalue weighted by molar-refractivity contribution is 5.83. The zero-order valence-corrected chi connectivity index (χ0v) is 13.1. The van der Waals surface area contributed by atoms with E-state index < -0.39 is 0 Å². The molecule has 1 heterocycles. The summed E-state index contributed by atoms with van der Waals surface area (Å²) in [5.74, 6) is 1.53. The van der Waals surface area contributed by atoms with Crippen LogP contribution in [0.5, 0.6) is 0 Å². The van der Waals surface area contributed by atoms with E-state index in [2.05, 4.69) is 58.7 Å². The lowest BCUT2D eigenvalue weighted by Crippen LogP contribution is -2.37. The Kier molecular flexibility index (Phi) is 5.55. The SMILES string of the molecule is CN=C(NCCC(C)C)NCc1cccc2cccnc12. The Hall–Kier alpha value is -2.10. The van der Waals surface area contributed by atoms with E-state index in [-0.39, 0.29) is 0 Å². The number of hydrogen-bond acceptors (Lipinski definition) is 2. The lowest BCUT2D eigenvalue weighted by molar-refractivity contribution is 0.573. The van der Waals surface area contributed by atoms with Gasteiger partial charge in [-0.1, -0.05) is 38.1 Å². The molecule has 112 valence electrons. The summed E-state index contributed by atoms with van der Waals surface area (Å²) >= 11 is 0. The van der Waals surface area contributed by atoms with Crippen LogP contribution in [0.4, 0.5) is 0 Å². The first kappa shape index (κ1) is 15.3. The Morgan fingerprint density at radius 1 is 1.19 bits per heavy atom. The third-order valence-electron chi connectivity index (χ3n) is 3.40. The summed E-state index contributed by atoms with van der Waals surface area (Å²) < 4.78 is 0. The van der Waals surface area contributed by atoms with Crippen LogP contribution >= 0.6 is 0 Å². The number of nitrogens with one attached hydrogen (secondary N) is 2. The Labute approximate surface area is 126 Å². The van der Waals surface area contributed by atoms with Gasteiger partial charge < -0.3 is 10.6 Å². The van der Waals surface area contributed by atoms with E-state index in [9.17, 15) is 0 Å². The molecule has 0 aliphatic carbocycles. The fraction of sp³-hybridized carbons (Fsp3) is 0.412. The highest BCUT2D eigenvalue weighted by atomic mass is 15.2. The number of para-hydroxylation sites is 1. The van der Waals surface area contributed by atoms with Gasteiger partial charge in [0.05, 0.1) is 5.52 Å². The van der Waals surface area contributed by atoms with Crippen molar-refractivity contribution in [3.05, 3.63) is 42.1 Å². The second-order valence-electron chi connectivity index (χ2n) is 5.53. The van der Waals surface area contributed by atoms with Gasteiger partial charge in [0.1, 0.15) is 0 Å². The first-order valence-electron chi connectivity index (χ1n) is 7.48. The lowest BCUT2D eigenvalue weighted by atomic mass is 10.1. The van der Waals surface area contributed by atoms with E-state index in [4.69, 9.17) is 0 Å². The Balaban J connectivity index is 1.97. The zero-order valence-electron chi connectivity index (χ0n) is 13.1. The third kappa shape index (κ3) is 4.45. The topological polar surface area (TPSA) is 49.3 Å². The molecule has 0 saturated heterocycles. The van der Waals surface area contributed by atoms with Crippen molar-refractivity contribution in [2.24, 2.45) is 10.9 Å². The molecule has 4 nitrogen and oxygen atoms in total. The molecule has 0 radical (unpaired) electrons. The van der Waals surface area contributed by atoms with Crippen molar-refractivity contribution in [3.63, 3.8) is 0 Å². The van der Waals surface area contributed by atoms with Crippen molar-refractivity contribution >= 4 is 16.9 Å². The normalized spacial score (nSPS) is 11.9. The van der Waals surface area contributed by atoms with E-state index in [0.717, 1.165) is 31.0 Å². The molecule has 21 heavy (non-hydrogen) atoms. The standard InChI is InChI=1S/C17H24N4/c1-13(2)9-11-20-17(18-3)21-12-15-7-4-6-14-8-5-10-19-16(14)15/h4-8,10,13H,9,11-12H2,1-3H3,(H2,18,20,21). The fourth-order valence-electron chi connectivity index (χ4n) is 2.19. The average Bonchev–Trinajstić information content (AvgIpc) is 2.50. The summed E-state index contributed by atoms with van der Waals surface area (Å²) in [6.45, 7) is 6.10. The van der Waals surface area contributed by atoms with E-state index in [1.807, 2.05) is 12.3 Å². The minimum absolute atomic E-state index is 0.692. The molecule has 1 aromatic carbocycles. The molecule has 0 fully saturated rings. The molecule has 1 aromatic heterocycles. The van der Waals surface area contributed by atoms with Crippen molar-refractivity contribution in [1.82, 2.24) is 15.6 Å². The number of benzene rings is 1. The van der Waals surface area contributed by atoms with Crippen molar-refractivity contribution in [2.45, 2.75) is 26.8 Å². The first-order valence-corrected chi connectivity index (χ1v) is 7.48. The molecule has 0 unspecified atom stereocenters. The zero-order chi connectivity index (χ0) is 15.1. The summed E-state index contributed by atoms with van der Waals surface area (Å²) in [4.78, 5) is 8.72. The highest BCUT2D eigenvalue weighted by Crippen LogP contribution is 2.15. The first-order chi connectivity index (χ1) is 10.2. The van der Waals surface area contributed by atoms with Gasteiger partial charge in [0, 0.05) is 31.7 Å². The Bertz CT molecular complexity index is 599. The van der Waals surface area contributed by atoms with Gasteiger partial charge in [-0.25, -0.2) is 0 Å². The monoisotopic (exact) mass is 284 g/mol. The van der Waals surface area contributed by atoms with E-state index >= 15 is 0 Å². The molecular weight excluding hydrogens is 260 g/mol. The number of pyridine rings is 1. The maximum absolute atomic E-state index is 4.47. The van der Waals surface area contributed by atoms with Crippen LogP contribution in [-0.4, -0.2) is 24.5 Å². The molecule has 4 heteroatoms. The van der Waals surface area contributed by atoms with Gasteiger partial charge >= 0.3 is 0 Å². The van der Waals surface area contributed by atoms with Crippen LogP contribution in [0, 0.1) is 5.92 Å². The maximum Gasteiger partial charge on any atom is 0.191 e. The molecule has 0 spiro atoms. The largest absolute Gasteiger partial charge is 0.356 e. The summed E-state index contributed by atoms with van der Waals surface area (Å²) in [6.07, 6.45) is 2.97. The summed E-state index contributed by atoms with van der Waals surface area (Å²) in [6, 6.07) is 10.3. The quantitative estimate of drug-likeness (QED) is 0.655. The molecule has 0 saturated carbocycles. The third-order valence-corrected chi connectivity index (χ3v) is 3.40. The molecule has 2 aromatic rings. The number of aromatic nitrogens is 1. The Morgan fingerprint density at radius 3 is 2.76 bits per heavy atom. The van der Waals surface area contributed by atoms with E-state index in [1.54, 1.807) is 7.05 Å². The van der Waals surface area contributed by atoms with Crippen molar-refractivity contribution in [1.29, 1.82) is 0 Å². The van der Waals surface area contributed by atoms with Gasteiger partial charge in [0.25, 0.3) is 0 Å². The molecular formula is C17H24N4. The highest BCUT2D eigenvalue weighted by Gasteiger charge is 2.03. The van der Waals surface area contributed by atoms with Crippen molar-refractivity contribution < 1.29 is 0 Å². The van der Waals surface area contributed by atoms with Crippen LogP contribution in [0.25, 0.3) is 10.9 Å². The number of hydrogen-bond donors (Lipinski definition) is 2. The van der Waals surface area contributed by atoms with Crippen LogP contribution in [-0.2, 0) is 6.54 Å². The summed E-state index contributed by atoms with van der Waals surface area (Å²) in [7, 11) is 1.80. The van der Waals surface area contributed by atoms with Gasteiger partial charge in [0.2, 0.25) is 0 Å². The van der Waals surface area contributed by atoms with Gasteiger partial charge in [-0.05, 0) is 24.0 Å². The van der Waals surface area contributed by atoms with Crippen LogP contribution in [0.3, 0.4) is 0 Å². The van der Waals surface area contributed by atoms with Crippen LogP contribution in [0.15, 0.2) is 41.5 Å². The molecule has 2 rings (SSSR count).